The van der Waals surface area contributed by atoms with E-state index in [0.717, 1.165) is 24.2 Å². The number of likely N-dealkylation sites (tertiary alicyclic amines) is 1. The number of hydrogen-bond donors (Lipinski definition) is 2. The molecule has 1 aromatic heterocycles. The van der Waals surface area contributed by atoms with E-state index in [1.54, 1.807) is 0 Å². The van der Waals surface area contributed by atoms with Crippen LogP contribution in [0.1, 0.15) is 37.7 Å². The standard InChI is InChI=1S/C15H24N4/c16-18-15-6-5-12(9-17-15)10-19-8-7-13-3-1-2-4-14(13)11-19/h5-6,9,13-14H,1-4,7-8,10-11,16H2,(H,17,18). The highest BCUT2D eigenvalue weighted by Crippen LogP contribution is 2.36. The van der Waals surface area contributed by atoms with Gasteiger partial charge in [0.05, 0.1) is 0 Å². The van der Waals surface area contributed by atoms with E-state index >= 15 is 0 Å². The first kappa shape index (κ1) is 12.9. The third-order valence-electron chi connectivity index (χ3n) is 4.75. The van der Waals surface area contributed by atoms with E-state index in [1.807, 2.05) is 12.3 Å². The monoisotopic (exact) mass is 260 g/mol. The lowest BCUT2D eigenvalue weighted by Gasteiger charge is -2.41. The highest BCUT2D eigenvalue weighted by molar-refractivity contribution is 5.33. The second-order valence-electron chi connectivity index (χ2n) is 6.02. The molecular formula is C15H24N4. The van der Waals surface area contributed by atoms with Crippen LogP contribution in [0, 0.1) is 11.8 Å². The Morgan fingerprint density at radius 1 is 1.21 bits per heavy atom. The molecule has 4 nitrogen and oxygen atoms in total. The van der Waals surface area contributed by atoms with Crippen molar-refractivity contribution in [1.82, 2.24) is 9.88 Å². The Bertz CT molecular complexity index is 403. The van der Waals surface area contributed by atoms with Crippen LogP contribution in [0.5, 0.6) is 0 Å². The minimum Gasteiger partial charge on any atom is -0.308 e. The number of nitrogens with zero attached hydrogens (tertiary/aromatic N) is 2. The summed E-state index contributed by atoms with van der Waals surface area (Å²) in [6.07, 6.45) is 9.13. The molecule has 3 N–H and O–H groups in total. The third-order valence-corrected chi connectivity index (χ3v) is 4.75. The topological polar surface area (TPSA) is 54.2 Å². The van der Waals surface area contributed by atoms with Gasteiger partial charge in [0, 0.05) is 19.3 Å². The Labute approximate surface area is 115 Å². The van der Waals surface area contributed by atoms with Gasteiger partial charge in [0.15, 0.2) is 0 Å². The highest BCUT2D eigenvalue weighted by Gasteiger charge is 2.30. The van der Waals surface area contributed by atoms with Gasteiger partial charge < -0.3 is 5.43 Å². The van der Waals surface area contributed by atoms with Crippen molar-refractivity contribution >= 4 is 5.82 Å². The molecule has 2 atom stereocenters. The first-order chi connectivity index (χ1) is 9.35. The maximum atomic E-state index is 5.33. The van der Waals surface area contributed by atoms with E-state index in [0.29, 0.717) is 0 Å². The summed E-state index contributed by atoms with van der Waals surface area (Å²) >= 11 is 0. The van der Waals surface area contributed by atoms with Gasteiger partial charge in [-0.05, 0) is 42.9 Å². The molecule has 0 aromatic carbocycles. The summed E-state index contributed by atoms with van der Waals surface area (Å²) in [6.45, 7) is 3.56. The summed E-state index contributed by atoms with van der Waals surface area (Å²) in [5, 5.41) is 0. The van der Waals surface area contributed by atoms with Crippen molar-refractivity contribution in [3.8, 4) is 0 Å². The number of aromatic nitrogens is 1. The third kappa shape index (κ3) is 3.07. The molecule has 19 heavy (non-hydrogen) atoms. The summed E-state index contributed by atoms with van der Waals surface area (Å²) in [5.41, 5.74) is 3.86. The zero-order chi connectivity index (χ0) is 13.1. The number of pyridine rings is 1. The number of nitrogens with one attached hydrogen (secondary N) is 1. The second-order valence-corrected chi connectivity index (χ2v) is 6.02. The van der Waals surface area contributed by atoms with Crippen molar-refractivity contribution in [1.29, 1.82) is 0 Å². The van der Waals surface area contributed by atoms with Crippen LogP contribution in [0.4, 0.5) is 5.82 Å². The molecule has 2 heterocycles. The molecular weight excluding hydrogens is 236 g/mol. The summed E-state index contributed by atoms with van der Waals surface area (Å²) in [4.78, 5) is 6.88. The van der Waals surface area contributed by atoms with Crippen LogP contribution in [0.15, 0.2) is 18.3 Å². The van der Waals surface area contributed by atoms with Gasteiger partial charge in [-0.1, -0.05) is 25.3 Å². The van der Waals surface area contributed by atoms with Crippen LogP contribution in [-0.4, -0.2) is 23.0 Å². The molecule has 0 amide bonds. The number of piperidine rings is 1. The van der Waals surface area contributed by atoms with Gasteiger partial charge in [0.2, 0.25) is 0 Å². The summed E-state index contributed by atoms with van der Waals surface area (Å²) in [5.74, 6) is 8.02. The Kier molecular flexibility index (Phi) is 3.99. The van der Waals surface area contributed by atoms with Gasteiger partial charge >= 0.3 is 0 Å². The molecule has 0 spiro atoms. The van der Waals surface area contributed by atoms with E-state index in [9.17, 15) is 0 Å². The number of anilines is 1. The minimum absolute atomic E-state index is 0.731. The number of nitrogen functional groups attached to an aromatic ring is 1. The maximum absolute atomic E-state index is 5.33. The molecule has 3 rings (SSSR count). The van der Waals surface area contributed by atoms with Crippen LogP contribution in [-0.2, 0) is 6.54 Å². The fourth-order valence-corrected chi connectivity index (χ4v) is 3.68. The van der Waals surface area contributed by atoms with Crippen molar-refractivity contribution in [2.75, 3.05) is 18.5 Å². The average Bonchev–Trinajstić information content (AvgIpc) is 2.48. The predicted molar refractivity (Wildman–Crippen MR) is 77.4 cm³/mol. The number of hydrogen-bond acceptors (Lipinski definition) is 4. The van der Waals surface area contributed by atoms with Crippen molar-refractivity contribution < 1.29 is 0 Å². The van der Waals surface area contributed by atoms with Gasteiger partial charge in [-0.15, -0.1) is 0 Å². The van der Waals surface area contributed by atoms with Crippen LogP contribution in [0.3, 0.4) is 0 Å². The molecule has 2 fully saturated rings. The second kappa shape index (κ2) is 5.88. The summed E-state index contributed by atoms with van der Waals surface area (Å²) in [6, 6.07) is 4.07. The molecule has 4 heteroatoms. The lowest BCUT2D eigenvalue weighted by molar-refractivity contribution is 0.0820. The maximum Gasteiger partial charge on any atom is 0.139 e. The van der Waals surface area contributed by atoms with Crippen molar-refractivity contribution in [3.05, 3.63) is 23.9 Å². The first-order valence-corrected chi connectivity index (χ1v) is 7.49. The van der Waals surface area contributed by atoms with Crippen molar-refractivity contribution in [2.45, 2.75) is 38.6 Å². The van der Waals surface area contributed by atoms with Crippen LogP contribution < -0.4 is 11.3 Å². The van der Waals surface area contributed by atoms with Crippen molar-refractivity contribution in [2.24, 2.45) is 17.7 Å². The van der Waals surface area contributed by atoms with E-state index in [-0.39, 0.29) is 0 Å². The first-order valence-electron chi connectivity index (χ1n) is 7.49. The van der Waals surface area contributed by atoms with Crippen molar-refractivity contribution in [3.63, 3.8) is 0 Å². The SMILES string of the molecule is NNc1ccc(CN2CCC3CCCCC3C2)cn1. The van der Waals surface area contributed by atoms with Gasteiger partial charge in [-0.2, -0.15) is 0 Å². The molecule has 2 aliphatic rings. The normalized spacial score (nSPS) is 27.8. The van der Waals surface area contributed by atoms with Crippen LogP contribution in [0.2, 0.25) is 0 Å². The minimum atomic E-state index is 0.731. The molecule has 104 valence electrons. The van der Waals surface area contributed by atoms with E-state index < -0.39 is 0 Å². The Balaban J connectivity index is 1.57. The highest BCUT2D eigenvalue weighted by atomic mass is 15.2. The smallest absolute Gasteiger partial charge is 0.139 e. The fraction of sp³-hybridized carbons (Fsp3) is 0.667. The largest absolute Gasteiger partial charge is 0.308 e. The predicted octanol–water partition coefficient (Wildman–Crippen LogP) is 2.38. The summed E-state index contributed by atoms with van der Waals surface area (Å²) < 4.78 is 0. The molecule has 1 aliphatic heterocycles. The van der Waals surface area contributed by atoms with Gasteiger partial charge in [-0.25, -0.2) is 10.8 Å². The fourth-order valence-electron chi connectivity index (χ4n) is 3.68. The number of nitrogens with two attached hydrogens (primary N) is 1. The summed E-state index contributed by atoms with van der Waals surface area (Å²) in [7, 11) is 0. The molecule has 0 bridgehead atoms. The van der Waals surface area contributed by atoms with Gasteiger partial charge in [0.25, 0.3) is 0 Å². The van der Waals surface area contributed by atoms with E-state index in [1.165, 1.54) is 50.8 Å². The molecule has 1 saturated heterocycles. The molecule has 1 saturated carbocycles. The molecule has 0 radical (unpaired) electrons. The zero-order valence-corrected chi connectivity index (χ0v) is 11.5. The van der Waals surface area contributed by atoms with Gasteiger partial charge in [0.1, 0.15) is 5.82 Å². The number of fused-ring (bicyclic) bond motifs is 1. The van der Waals surface area contributed by atoms with E-state index in [2.05, 4.69) is 21.4 Å². The Morgan fingerprint density at radius 3 is 2.79 bits per heavy atom. The lowest BCUT2D eigenvalue weighted by atomic mass is 9.75. The average molecular weight is 260 g/mol. The molecule has 1 aromatic rings. The van der Waals surface area contributed by atoms with E-state index in [4.69, 9.17) is 5.84 Å². The lowest BCUT2D eigenvalue weighted by Crippen LogP contribution is -2.41. The molecule has 1 aliphatic carbocycles. The Morgan fingerprint density at radius 2 is 2.05 bits per heavy atom. The number of hydrazine groups is 1. The van der Waals surface area contributed by atoms with Crippen LogP contribution >= 0.6 is 0 Å². The Hall–Kier alpha value is -1.13. The zero-order valence-electron chi connectivity index (χ0n) is 11.5. The number of rotatable bonds is 3. The van der Waals surface area contributed by atoms with Crippen LogP contribution in [0.25, 0.3) is 0 Å². The quantitative estimate of drug-likeness (QED) is 0.647. The molecule has 2 unspecified atom stereocenters. The van der Waals surface area contributed by atoms with Gasteiger partial charge in [-0.3, -0.25) is 4.90 Å².